The molecule has 2 heterocycles. The summed E-state index contributed by atoms with van der Waals surface area (Å²) in [7, 11) is 0. The van der Waals surface area contributed by atoms with Crippen molar-refractivity contribution in [2.24, 2.45) is 0 Å². The molecular formula is C13H14N4OS. The highest BCUT2D eigenvalue weighted by Crippen LogP contribution is 2.27. The molecule has 6 heteroatoms. The number of aryl methyl sites for hydroxylation is 1. The number of hydrogen-bond acceptors (Lipinski definition) is 4. The molecule has 3 rings (SSSR count). The molecule has 0 saturated carbocycles. The molecule has 1 aromatic carbocycles. The normalized spacial score (nSPS) is 14.2. The van der Waals surface area contributed by atoms with E-state index < -0.39 is 0 Å². The van der Waals surface area contributed by atoms with E-state index in [1.54, 1.807) is 0 Å². The quantitative estimate of drug-likeness (QED) is 0.868. The molecular weight excluding hydrogens is 260 g/mol. The Balaban J connectivity index is 1.71. The minimum absolute atomic E-state index is 0.119. The third-order valence-corrected chi connectivity index (χ3v) is 4.00. The van der Waals surface area contributed by atoms with Crippen LogP contribution in [-0.2, 0) is 11.2 Å². The van der Waals surface area contributed by atoms with Crippen molar-refractivity contribution in [3.8, 4) is 0 Å². The summed E-state index contributed by atoms with van der Waals surface area (Å²) in [5, 5.41) is 7.19. The lowest BCUT2D eigenvalue weighted by molar-refractivity contribution is -0.116. The number of amides is 1. The van der Waals surface area contributed by atoms with Crippen molar-refractivity contribution in [2.45, 2.75) is 18.0 Å². The van der Waals surface area contributed by atoms with Crippen LogP contribution in [0, 0.1) is 0 Å². The maximum atomic E-state index is 12.3. The van der Waals surface area contributed by atoms with Crippen LogP contribution >= 0.6 is 11.8 Å². The lowest BCUT2D eigenvalue weighted by Crippen LogP contribution is -2.36. The van der Waals surface area contributed by atoms with Crippen LogP contribution in [0.2, 0.25) is 0 Å². The first kappa shape index (κ1) is 12.2. The zero-order chi connectivity index (χ0) is 13.1. The topological polar surface area (TPSA) is 61.9 Å². The van der Waals surface area contributed by atoms with Crippen LogP contribution in [0.3, 0.4) is 0 Å². The van der Waals surface area contributed by atoms with Crippen molar-refractivity contribution in [3.05, 3.63) is 36.2 Å². The third-order valence-electron chi connectivity index (χ3n) is 3.14. The van der Waals surface area contributed by atoms with Gasteiger partial charge >= 0.3 is 0 Å². The lowest BCUT2D eigenvalue weighted by atomic mass is 10.0. The number of anilines is 1. The molecule has 1 aliphatic heterocycles. The molecule has 1 aromatic heterocycles. The fraction of sp³-hybridized carbons (Fsp3) is 0.308. The van der Waals surface area contributed by atoms with E-state index in [1.807, 2.05) is 23.1 Å². The van der Waals surface area contributed by atoms with Gasteiger partial charge in [0.25, 0.3) is 0 Å². The molecule has 0 aliphatic carbocycles. The Bertz CT molecular complexity index is 570. The number of hydrogen-bond donors (Lipinski definition) is 1. The Labute approximate surface area is 115 Å². The van der Waals surface area contributed by atoms with Crippen LogP contribution < -0.4 is 4.90 Å². The highest BCUT2D eigenvalue weighted by atomic mass is 32.2. The zero-order valence-corrected chi connectivity index (χ0v) is 11.2. The van der Waals surface area contributed by atoms with Crippen molar-refractivity contribution < 1.29 is 4.79 Å². The van der Waals surface area contributed by atoms with Crippen LogP contribution in [0.15, 0.2) is 35.7 Å². The predicted octanol–water partition coefficient (Wildman–Crippen LogP) is 1.88. The number of para-hydroxylation sites is 1. The van der Waals surface area contributed by atoms with Crippen LogP contribution in [0.25, 0.3) is 0 Å². The number of aromatic amines is 1. The van der Waals surface area contributed by atoms with Gasteiger partial charge in [0.1, 0.15) is 6.33 Å². The first-order chi connectivity index (χ1) is 9.34. The van der Waals surface area contributed by atoms with Gasteiger partial charge in [0.2, 0.25) is 5.91 Å². The average molecular weight is 274 g/mol. The smallest absolute Gasteiger partial charge is 0.237 e. The molecule has 0 bridgehead atoms. The molecule has 19 heavy (non-hydrogen) atoms. The number of aromatic nitrogens is 3. The zero-order valence-electron chi connectivity index (χ0n) is 10.4. The Morgan fingerprint density at radius 3 is 3.16 bits per heavy atom. The maximum absolute atomic E-state index is 12.3. The fourth-order valence-corrected chi connectivity index (χ4v) is 2.92. The first-order valence-corrected chi connectivity index (χ1v) is 7.19. The Morgan fingerprint density at radius 2 is 2.32 bits per heavy atom. The second-order valence-electron chi connectivity index (χ2n) is 4.36. The molecule has 1 amide bonds. The molecule has 5 nitrogen and oxygen atoms in total. The average Bonchev–Trinajstić information content (AvgIpc) is 2.97. The van der Waals surface area contributed by atoms with Gasteiger partial charge in [0, 0.05) is 12.2 Å². The summed E-state index contributed by atoms with van der Waals surface area (Å²) in [6, 6.07) is 8.12. The molecule has 98 valence electrons. The van der Waals surface area contributed by atoms with Crippen molar-refractivity contribution >= 4 is 23.4 Å². The van der Waals surface area contributed by atoms with Crippen LogP contribution in [-0.4, -0.2) is 33.4 Å². The summed E-state index contributed by atoms with van der Waals surface area (Å²) in [5.74, 6) is 0.498. The number of thioether (sulfide) groups is 1. The third kappa shape index (κ3) is 2.63. The fourth-order valence-electron chi connectivity index (χ4n) is 2.26. The number of H-pyrrole nitrogens is 1. The van der Waals surface area contributed by atoms with Gasteiger partial charge in [-0.1, -0.05) is 30.0 Å². The molecule has 0 spiro atoms. The van der Waals surface area contributed by atoms with E-state index in [-0.39, 0.29) is 5.91 Å². The standard InChI is InChI=1S/C13H14N4OS/c18-12(8-19-13-14-9-15-16-13)17-7-3-5-10-4-1-2-6-11(10)17/h1-2,4,6,9H,3,5,7-8H2,(H,14,15,16). The van der Waals surface area contributed by atoms with Gasteiger partial charge < -0.3 is 4.90 Å². The van der Waals surface area contributed by atoms with Gasteiger partial charge in [-0.05, 0) is 24.5 Å². The number of carbonyl (C=O) groups excluding carboxylic acids is 1. The van der Waals surface area contributed by atoms with E-state index in [1.165, 1.54) is 23.7 Å². The SMILES string of the molecule is O=C(CSc1ncn[nH]1)N1CCCc2ccccc21. The van der Waals surface area contributed by atoms with Gasteiger partial charge in [-0.2, -0.15) is 5.10 Å². The number of nitrogens with zero attached hydrogens (tertiary/aromatic N) is 3. The van der Waals surface area contributed by atoms with E-state index >= 15 is 0 Å². The molecule has 0 radical (unpaired) electrons. The molecule has 2 aromatic rings. The molecule has 0 unspecified atom stereocenters. The van der Waals surface area contributed by atoms with Crippen LogP contribution in [0.5, 0.6) is 0 Å². The summed E-state index contributed by atoms with van der Waals surface area (Å²) >= 11 is 1.38. The van der Waals surface area contributed by atoms with Gasteiger partial charge in [-0.3, -0.25) is 9.89 Å². The van der Waals surface area contributed by atoms with Crippen molar-refractivity contribution in [1.82, 2.24) is 15.2 Å². The summed E-state index contributed by atoms with van der Waals surface area (Å²) in [6.07, 6.45) is 3.52. The van der Waals surface area contributed by atoms with Gasteiger partial charge in [0.15, 0.2) is 5.16 Å². The Morgan fingerprint density at radius 1 is 1.42 bits per heavy atom. The predicted molar refractivity (Wildman–Crippen MR) is 74.2 cm³/mol. The molecule has 1 aliphatic rings. The molecule has 0 saturated heterocycles. The Hall–Kier alpha value is -1.82. The summed E-state index contributed by atoms with van der Waals surface area (Å²) in [4.78, 5) is 18.2. The van der Waals surface area contributed by atoms with E-state index in [0.717, 1.165) is 25.1 Å². The number of fused-ring (bicyclic) bond motifs is 1. The minimum Gasteiger partial charge on any atom is -0.311 e. The van der Waals surface area contributed by atoms with E-state index in [9.17, 15) is 4.79 Å². The van der Waals surface area contributed by atoms with Gasteiger partial charge in [-0.15, -0.1) is 0 Å². The summed E-state index contributed by atoms with van der Waals surface area (Å²) in [6.45, 7) is 0.798. The minimum atomic E-state index is 0.119. The number of carbonyl (C=O) groups is 1. The highest BCUT2D eigenvalue weighted by Gasteiger charge is 2.22. The second kappa shape index (κ2) is 5.44. The number of rotatable bonds is 3. The van der Waals surface area contributed by atoms with E-state index in [0.29, 0.717) is 10.9 Å². The Kier molecular flexibility index (Phi) is 3.50. The summed E-state index contributed by atoms with van der Waals surface area (Å²) in [5.41, 5.74) is 2.31. The lowest BCUT2D eigenvalue weighted by Gasteiger charge is -2.29. The maximum Gasteiger partial charge on any atom is 0.237 e. The molecule has 0 atom stereocenters. The number of nitrogens with one attached hydrogen (secondary N) is 1. The number of benzene rings is 1. The monoisotopic (exact) mass is 274 g/mol. The second-order valence-corrected chi connectivity index (χ2v) is 5.32. The van der Waals surface area contributed by atoms with E-state index in [4.69, 9.17) is 0 Å². The van der Waals surface area contributed by atoms with Crippen LogP contribution in [0.4, 0.5) is 5.69 Å². The molecule has 1 N–H and O–H groups in total. The van der Waals surface area contributed by atoms with Crippen LogP contribution in [0.1, 0.15) is 12.0 Å². The molecule has 0 fully saturated rings. The van der Waals surface area contributed by atoms with E-state index in [2.05, 4.69) is 21.2 Å². The first-order valence-electron chi connectivity index (χ1n) is 6.21. The van der Waals surface area contributed by atoms with Crippen molar-refractivity contribution in [2.75, 3.05) is 17.2 Å². The largest absolute Gasteiger partial charge is 0.311 e. The van der Waals surface area contributed by atoms with Gasteiger partial charge in [-0.25, -0.2) is 4.98 Å². The van der Waals surface area contributed by atoms with Gasteiger partial charge in [0.05, 0.1) is 5.75 Å². The van der Waals surface area contributed by atoms with Crippen molar-refractivity contribution in [1.29, 1.82) is 0 Å². The highest BCUT2D eigenvalue weighted by molar-refractivity contribution is 7.99. The van der Waals surface area contributed by atoms with Crippen molar-refractivity contribution in [3.63, 3.8) is 0 Å². The summed E-state index contributed by atoms with van der Waals surface area (Å²) < 4.78 is 0.